The topological polar surface area (TPSA) is 58.6 Å². The smallest absolute Gasteiger partial charge is 0.261 e. The molecule has 2 atom stereocenters. The Morgan fingerprint density at radius 1 is 1.07 bits per heavy atom. The SMILES string of the molecule is CC[C@@H](C)NC(=O)[C@H](CC)N(Cc1ccc(Cl)cc1)C(=O)COc1ccc(Br)cc1. The van der Waals surface area contributed by atoms with Gasteiger partial charge in [-0.25, -0.2) is 0 Å². The molecule has 0 spiro atoms. The van der Waals surface area contributed by atoms with Gasteiger partial charge in [-0.3, -0.25) is 9.59 Å². The molecular formula is C23H28BrClN2O3. The Hall–Kier alpha value is -2.05. The highest BCUT2D eigenvalue weighted by Crippen LogP contribution is 2.18. The van der Waals surface area contributed by atoms with Crippen molar-refractivity contribution in [3.05, 3.63) is 63.6 Å². The maximum absolute atomic E-state index is 13.1. The third-order valence-electron chi connectivity index (χ3n) is 4.83. The lowest BCUT2D eigenvalue weighted by Crippen LogP contribution is -2.51. The molecule has 0 aliphatic carbocycles. The molecule has 30 heavy (non-hydrogen) atoms. The number of hydrogen-bond donors (Lipinski definition) is 1. The Balaban J connectivity index is 2.19. The molecule has 0 aliphatic heterocycles. The van der Waals surface area contributed by atoms with Crippen molar-refractivity contribution in [3.8, 4) is 5.75 Å². The van der Waals surface area contributed by atoms with Crippen molar-refractivity contribution in [1.82, 2.24) is 10.2 Å². The van der Waals surface area contributed by atoms with Crippen LogP contribution in [0.5, 0.6) is 5.75 Å². The second-order valence-corrected chi connectivity index (χ2v) is 8.48. The van der Waals surface area contributed by atoms with E-state index in [4.69, 9.17) is 16.3 Å². The van der Waals surface area contributed by atoms with Crippen LogP contribution in [0, 0.1) is 0 Å². The fourth-order valence-electron chi connectivity index (χ4n) is 2.91. The highest BCUT2D eigenvalue weighted by molar-refractivity contribution is 9.10. The number of ether oxygens (including phenoxy) is 1. The first-order chi connectivity index (χ1) is 14.3. The Kier molecular flexibility index (Phi) is 9.66. The minimum Gasteiger partial charge on any atom is -0.484 e. The average molecular weight is 496 g/mol. The molecule has 0 saturated carbocycles. The summed E-state index contributed by atoms with van der Waals surface area (Å²) in [6.45, 7) is 6.01. The first-order valence-electron chi connectivity index (χ1n) is 10.1. The lowest BCUT2D eigenvalue weighted by Gasteiger charge is -2.31. The summed E-state index contributed by atoms with van der Waals surface area (Å²) in [5, 5.41) is 3.61. The normalized spacial score (nSPS) is 12.7. The van der Waals surface area contributed by atoms with E-state index in [1.165, 1.54) is 0 Å². The van der Waals surface area contributed by atoms with Crippen LogP contribution in [-0.4, -0.2) is 35.4 Å². The van der Waals surface area contributed by atoms with Crippen LogP contribution >= 0.6 is 27.5 Å². The number of carbonyl (C=O) groups excluding carboxylic acids is 2. The van der Waals surface area contributed by atoms with E-state index >= 15 is 0 Å². The largest absolute Gasteiger partial charge is 0.484 e. The first-order valence-corrected chi connectivity index (χ1v) is 11.2. The molecule has 0 aromatic heterocycles. The van der Waals surface area contributed by atoms with Gasteiger partial charge in [-0.1, -0.05) is 53.5 Å². The summed E-state index contributed by atoms with van der Waals surface area (Å²) >= 11 is 9.36. The van der Waals surface area contributed by atoms with Crippen LogP contribution in [0.4, 0.5) is 0 Å². The fourth-order valence-corrected chi connectivity index (χ4v) is 3.30. The Bertz CT molecular complexity index is 827. The van der Waals surface area contributed by atoms with E-state index in [0.717, 1.165) is 16.5 Å². The van der Waals surface area contributed by atoms with E-state index in [-0.39, 0.29) is 24.5 Å². The summed E-state index contributed by atoms with van der Waals surface area (Å²) in [4.78, 5) is 27.6. The molecule has 0 radical (unpaired) electrons. The summed E-state index contributed by atoms with van der Waals surface area (Å²) in [6.07, 6.45) is 1.32. The molecule has 2 amide bonds. The highest BCUT2D eigenvalue weighted by atomic mass is 79.9. The van der Waals surface area contributed by atoms with Crippen molar-refractivity contribution in [2.24, 2.45) is 0 Å². The quantitative estimate of drug-likeness (QED) is 0.493. The molecule has 0 saturated heterocycles. The zero-order chi connectivity index (χ0) is 22.1. The van der Waals surface area contributed by atoms with E-state index in [9.17, 15) is 9.59 Å². The minimum absolute atomic E-state index is 0.0399. The molecule has 2 aromatic carbocycles. The molecule has 7 heteroatoms. The second-order valence-electron chi connectivity index (χ2n) is 7.13. The van der Waals surface area contributed by atoms with Gasteiger partial charge in [0, 0.05) is 22.1 Å². The van der Waals surface area contributed by atoms with Crippen molar-refractivity contribution < 1.29 is 14.3 Å². The molecule has 162 valence electrons. The lowest BCUT2D eigenvalue weighted by molar-refractivity contribution is -0.143. The van der Waals surface area contributed by atoms with Crippen LogP contribution in [0.3, 0.4) is 0 Å². The average Bonchev–Trinajstić information content (AvgIpc) is 2.74. The monoisotopic (exact) mass is 494 g/mol. The van der Waals surface area contributed by atoms with Gasteiger partial charge in [0.05, 0.1) is 0 Å². The zero-order valence-corrected chi connectivity index (χ0v) is 19.9. The van der Waals surface area contributed by atoms with Gasteiger partial charge in [-0.15, -0.1) is 0 Å². The van der Waals surface area contributed by atoms with Gasteiger partial charge in [0.2, 0.25) is 5.91 Å². The van der Waals surface area contributed by atoms with Crippen molar-refractivity contribution in [1.29, 1.82) is 0 Å². The predicted molar refractivity (Wildman–Crippen MR) is 124 cm³/mol. The van der Waals surface area contributed by atoms with Crippen LogP contribution < -0.4 is 10.1 Å². The van der Waals surface area contributed by atoms with Gasteiger partial charge in [0.1, 0.15) is 11.8 Å². The first kappa shape index (κ1) is 24.2. The Labute approximate surface area is 191 Å². The number of amides is 2. The second kappa shape index (κ2) is 12.0. The number of nitrogens with one attached hydrogen (secondary N) is 1. The third-order valence-corrected chi connectivity index (χ3v) is 5.61. The molecular weight excluding hydrogens is 468 g/mol. The summed E-state index contributed by atoms with van der Waals surface area (Å²) < 4.78 is 6.60. The van der Waals surface area contributed by atoms with Crippen molar-refractivity contribution in [3.63, 3.8) is 0 Å². The van der Waals surface area contributed by atoms with E-state index < -0.39 is 6.04 Å². The standard InChI is InChI=1S/C23H28BrClN2O3/c1-4-16(3)26-23(29)21(5-2)27(14-17-6-10-19(25)11-7-17)22(28)15-30-20-12-8-18(24)9-13-20/h6-13,16,21H,4-5,14-15H2,1-3H3,(H,26,29)/t16-,21+/m1/s1. The number of rotatable bonds is 10. The Morgan fingerprint density at radius 3 is 2.27 bits per heavy atom. The van der Waals surface area contributed by atoms with Crippen LogP contribution in [0.25, 0.3) is 0 Å². The van der Waals surface area contributed by atoms with Crippen LogP contribution in [0.1, 0.15) is 39.2 Å². The number of carbonyl (C=O) groups is 2. The van der Waals surface area contributed by atoms with Crippen LogP contribution in [0.15, 0.2) is 53.0 Å². The van der Waals surface area contributed by atoms with Crippen LogP contribution in [-0.2, 0) is 16.1 Å². The maximum Gasteiger partial charge on any atom is 0.261 e. The van der Waals surface area contributed by atoms with Crippen molar-refractivity contribution in [2.75, 3.05) is 6.61 Å². The van der Waals surface area contributed by atoms with Gasteiger partial charge >= 0.3 is 0 Å². The summed E-state index contributed by atoms with van der Waals surface area (Å²) in [5.41, 5.74) is 0.895. The van der Waals surface area contributed by atoms with Gasteiger partial charge in [-0.05, 0) is 61.7 Å². The van der Waals surface area contributed by atoms with Crippen LogP contribution in [0.2, 0.25) is 5.02 Å². The third kappa shape index (κ3) is 7.33. The fraction of sp³-hybridized carbons (Fsp3) is 0.391. The number of hydrogen-bond acceptors (Lipinski definition) is 3. The van der Waals surface area contributed by atoms with Crippen molar-refractivity contribution >= 4 is 39.3 Å². The molecule has 0 bridgehead atoms. The van der Waals surface area contributed by atoms with Gasteiger partial charge < -0.3 is 15.0 Å². The van der Waals surface area contributed by atoms with E-state index in [1.807, 2.05) is 45.0 Å². The van der Waals surface area contributed by atoms with E-state index in [0.29, 0.717) is 23.7 Å². The minimum atomic E-state index is -0.587. The number of nitrogens with zero attached hydrogens (tertiary/aromatic N) is 1. The molecule has 5 nitrogen and oxygen atoms in total. The van der Waals surface area contributed by atoms with E-state index in [1.54, 1.807) is 29.2 Å². The number of halogens is 2. The zero-order valence-electron chi connectivity index (χ0n) is 17.5. The van der Waals surface area contributed by atoms with Gasteiger partial charge in [-0.2, -0.15) is 0 Å². The molecule has 0 aliphatic rings. The number of benzene rings is 2. The molecule has 2 aromatic rings. The van der Waals surface area contributed by atoms with Gasteiger partial charge in [0.25, 0.3) is 5.91 Å². The summed E-state index contributed by atoms with van der Waals surface area (Å²) in [7, 11) is 0. The maximum atomic E-state index is 13.1. The predicted octanol–water partition coefficient (Wildman–Crippen LogP) is 5.20. The highest BCUT2D eigenvalue weighted by Gasteiger charge is 2.29. The van der Waals surface area contributed by atoms with Crippen molar-refractivity contribution in [2.45, 2.75) is 52.2 Å². The summed E-state index contributed by atoms with van der Waals surface area (Å²) in [5.74, 6) is 0.187. The molecule has 0 heterocycles. The van der Waals surface area contributed by atoms with Gasteiger partial charge in [0.15, 0.2) is 6.61 Å². The summed E-state index contributed by atoms with van der Waals surface area (Å²) in [6, 6.07) is 14.0. The molecule has 0 unspecified atom stereocenters. The molecule has 2 rings (SSSR count). The van der Waals surface area contributed by atoms with E-state index in [2.05, 4.69) is 21.2 Å². The lowest BCUT2D eigenvalue weighted by atomic mass is 10.1. The Morgan fingerprint density at radius 2 is 1.70 bits per heavy atom. The molecule has 0 fully saturated rings. The molecule has 1 N–H and O–H groups in total.